The van der Waals surface area contributed by atoms with Crippen molar-refractivity contribution in [3.63, 3.8) is 0 Å². The number of benzene rings is 1. The molecule has 5 heteroatoms. The van der Waals surface area contributed by atoms with Crippen molar-refractivity contribution in [3.8, 4) is 0 Å². The molecule has 0 amide bonds. The Morgan fingerprint density at radius 3 is 2.14 bits per heavy atom. The molecule has 0 aromatic heterocycles. The van der Waals surface area contributed by atoms with E-state index in [0.29, 0.717) is 5.92 Å². The first kappa shape index (κ1) is 17.7. The second-order valence-corrected chi connectivity index (χ2v) is 7.42. The molecule has 1 N–H and O–H groups in total. The number of hydrogen-bond acceptors (Lipinski definition) is 3. The molecule has 0 saturated carbocycles. The van der Waals surface area contributed by atoms with Crippen molar-refractivity contribution in [1.29, 1.82) is 0 Å². The lowest BCUT2D eigenvalue weighted by Crippen LogP contribution is -2.29. The van der Waals surface area contributed by atoms with E-state index in [1.807, 2.05) is 6.92 Å². The van der Waals surface area contributed by atoms with Gasteiger partial charge in [-0.1, -0.05) is 45.4 Å². The average molecular weight is 310 g/mol. The number of sulfonamides is 1. The summed E-state index contributed by atoms with van der Waals surface area (Å²) in [5.74, 6) is 0.403. The first-order valence-corrected chi connectivity index (χ1v) is 8.88. The van der Waals surface area contributed by atoms with Gasteiger partial charge in [-0.2, -0.15) is 13.5 Å². The molecular weight excluding hydrogens is 284 g/mol. The van der Waals surface area contributed by atoms with Crippen LogP contribution in [0.25, 0.3) is 0 Å². The topological polar surface area (TPSA) is 58.5 Å². The molecule has 0 saturated heterocycles. The Labute approximate surface area is 128 Å². The van der Waals surface area contributed by atoms with Gasteiger partial charge < -0.3 is 0 Å². The van der Waals surface area contributed by atoms with Gasteiger partial charge >= 0.3 is 0 Å². The largest absolute Gasteiger partial charge is 0.276 e. The first-order chi connectivity index (χ1) is 9.77. The monoisotopic (exact) mass is 310 g/mol. The molecule has 0 fully saturated rings. The highest BCUT2D eigenvalue weighted by atomic mass is 32.2. The molecular formula is C16H26N2O2S. The minimum Gasteiger partial charge on any atom is -0.200 e. The van der Waals surface area contributed by atoms with Crippen molar-refractivity contribution < 1.29 is 8.42 Å². The zero-order valence-corrected chi connectivity index (χ0v) is 14.4. The average Bonchev–Trinajstić information content (AvgIpc) is 2.44. The smallest absolute Gasteiger partial charge is 0.200 e. The van der Waals surface area contributed by atoms with Crippen molar-refractivity contribution in [2.75, 3.05) is 0 Å². The summed E-state index contributed by atoms with van der Waals surface area (Å²) < 4.78 is 24.3. The number of hydrazone groups is 1. The molecule has 1 rings (SSSR count). The van der Waals surface area contributed by atoms with Crippen LogP contribution in [0.1, 0.15) is 46.1 Å². The molecule has 0 aliphatic carbocycles. The molecule has 0 unspecified atom stereocenters. The Kier molecular flexibility index (Phi) is 5.96. The molecule has 0 aliphatic heterocycles. The molecule has 1 aromatic carbocycles. The van der Waals surface area contributed by atoms with Crippen molar-refractivity contribution in [3.05, 3.63) is 29.8 Å². The number of aryl methyl sites for hydroxylation is 1. The standard InChI is InChI=1S/C16H26N2O2S/c1-6-16(7-2,13(3)4)12-17-18-21(19,20)15-10-8-14(5)9-11-15/h8-13,18H,6-7H2,1-5H3/b17-12+. The Balaban J connectivity index is 2.90. The van der Waals surface area contributed by atoms with E-state index in [1.165, 1.54) is 0 Å². The van der Waals surface area contributed by atoms with E-state index in [4.69, 9.17) is 0 Å². The van der Waals surface area contributed by atoms with Gasteiger partial charge in [0, 0.05) is 11.6 Å². The van der Waals surface area contributed by atoms with Crippen molar-refractivity contribution in [1.82, 2.24) is 4.83 Å². The normalized spacial score (nSPS) is 13.0. The predicted molar refractivity (Wildman–Crippen MR) is 87.8 cm³/mol. The summed E-state index contributed by atoms with van der Waals surface area (Å²) in [6, 6.07) is 6.72. The lowest BCUT2D eigenvalue weighted by molar-refractivity contribution is 0.281. The fourth-order valence-electron chi connectivity index (χ4n) is 2.39. The minimum atomic E-state index is -3.59. The van der Waals surface area contributed by atoms with Crippen LogP contribution in [0.3, 0.4) is 0 Å². The summed E-state index contributed by atoms with van der Waals surface area (Å²) in [5, 5.41) is 4.01. The maximum absolute atomic E-state index is 12.2. The zero-order valence-electron chi connectivity index (χ0n) is 13.6. The van der Waals surface area contributed by atoms with Crippen LogP contribution in [0.2, 0.25) is 0 Å². The molecule has 0 aliphatic rings. The Morgan fingerprint density at radius 1 is 1.19 bits per heavy atom. The number of nitrogens with one attached hydrogen (secondary N) is 1. The van der Waals surface area contributed by atoms with Crippen molar-refractivity contribution in [2.45, 2.75) is 52.4 Å². The summed E-state index contributed by atoms with van der Waals surface area (Å²) in [5.41, 5.74) is 0.948. The summed E-state index contributed by atoms with van der Waals surface area (Å²) in [4.78, 5) is 2.55. The van der Waals surface area contributed by atoms with E-state index in [9.17, 15) is 8.42 Å². The van der Waals surface area contributed by atoms with E-state index in [0.717, 1.165) is 18.4 Å². The van der Waals surface area contributed by atoms with E-state index < -0.39 is 10.0 Å². The molecule has 0 spiro atoms. The van der Waals surface area contributed by atoms with Crippen LogP contribution in [0.5, 0.6) is 0 Å². The highest BCUT2D eigenvalue weighted by Crippen LogP contribution is 2.32. The quantitative estimate of drug-likeness (QED) is 0.616. The summed E-state index contributed by atoms with van der Waals surface area (Å²) >= 11 is 0. The fourth-order valence-corrected chi connectivity index (χ4v) is 3.18. The highest BCUT2D eigenvalue weighted by Gasteiger charge is 2.28. The third kappa shape index (κ3) is 4.30. The fraction of sp³-hybridized carbons (Fsp3) is 0.562. The van der Waals surface area contributed by atoms with Crippen LogP contribution in [0.15, 0.2) is 34.3 Å². The van der Waals surface area contributed by atoms with Gasteiger partial charge in [-0.3, -0.25) is 0 Å². The maximum Gasteiger partial charge on any atom is 0.276 e. The molecule has 4 nitrogen and oxygen atoms in total. The summed E-state index contributed by atoms with van der Waals surface area (Å²) in [6.07, 6.45) is 3.61. The number of hydrogen-bond donors (Lipinski definition) is 1. The van der Waals surface area contributed by atoms with Gasteiger partial charge in [0.2, 0.25) is 0 Å². The van der Waals surface area contributed by atoms with Crippen LogP contribution in [-0.2, 0) is 10.0 Å². The van der Waals surface area contributed by atoms with Gasteiger partial charge in [0.25, 0.3) is 10.0 Å². The third-order valence-electron chi connectivity index (χ3n) is 4.29. The van der Waals surface area contributed by atoms with Crippen LogP contribution in [0, 0.1) is 18.3 Å². The van der Waals surface area contributed by atoms with Gasteiger partial charge in [-0.15, -0.1) is 0 Å². The molecule has 0 heterocycles. The third-order valence-corrected chi connectivity index (χ3v) is 5.53. The molecule has 0 radical (unpaired) electrons. The van der Waals surface area contributed by atoms with Gasteiger partial charge in [0.1, 0.15) is 0 Å². The molecule has 21 heavy (non-hydrogen) atoms. The van der Waals surface area contributed by atoms with Gasteiger partial charge in [0.05, 0.1) is 4.90 Å². The zero-order chi connectivity index (χ0) is 16.1. The predicted octanol–water partition coefficient (Wildman–Crippen LogP) is 3.72. The van der Waals surface area contributed by atoms with Crippen molar-refractivity contribution in [2.24, 2.45) is 16.4 Å². The lowest BCUT2D eigenvalue weighted by Gasteiger charge is -2.31. The van der Waals surface area contributed by atoms with E-state index in [-0.39, 0.29) is 10.3 Å². The minimum absolute atomic E-state index is 0.0736. The number of rotatable bonds is 7. The molecule has 0 bridgehead atoms. The van der Waals surface area contributed by atoms with Gasteiger partial charge in [0.15, 0.2) is 0 Å². The molecule has 118 valence electrons. The summed E-state index contributed by atoms with van der Waals surface area (Å²) in [6.45, 7) is 10.4. The van der Waals surface area contributed by atoms with Gasteiger partial charge in [-0.25, -0.2) is 4.83 Å². The lowest BCUT2D eigenvalue weighted by atomic mass is 9.74. The van der Waals surface area contributed by atoms with Gasteiger partial charge in [-0.05, 0) is 37.8 Å². The van der Waals surface area contributed by atoms with Crippen LogP contribution < -0.4 is 4.83 Å². The first-order valence-electron chi connectivity index (χ1n) is 7.40. The van der Waals surface area contributed by atoms with Crippen LogP contribution in [0.4, 0.5) is 0 Å². The van der Waals surface area contributed by atoms with Crippen LogP contribution in [-0.4, -0.2) is 14.6 Å². The Morgan fingerprint density at radius 2 is 1.71 bits per heavy atom. The molecule has 1 aromatic rings. The van der Waals surface area contributed by atoms with E-state index in [2.05, 4.69) is 37.6 Å². The van der Waals surface area contributed by atoms with E-state index >= 15 is 0 Å². The van der Waals surface area contributed by atoms with E-state index in [1.54, 1.807) is 30.5 Å². The number of nitrogens with zero attached hydrogens (tertiary/aromatic N) is 1. The second-order valence-electron chi connectivity index (χ2n) is 5.76. The SMILES string of the molecule is CCC(/C=N/NS(=O)(=O)c1ccc(C)cc1)(CC)C(C)C. The Hall–Kier alpha value is -1.36. The highest BCUT2D eigenvalue weighted by molar-refractivity contribution is 7.89. The maximum atomic E-state index is 12.2. The second kappa shape index (κ2) is 7.07. The van der Waals surface area contributed by atoms with Crippen molar-refractivity contribution >= 4 is 16.2 Å². The summed E-state index contributed by atoms with van der Waals surface area (Å²) in [7, 11) is -3.59. The molecule has 0 atom stereocenters. The Bertz CT molecular complexity index is 571. The van der Waals surface area contributed by atoms with Crippen LogP contribution >= 0.6 is 0 Å².